The first-order chi connectivity index (χ1) is 16.8. The van der Waals surface area contributed by atoms with Gasteiger partial charge in [0.05, 0.1) is 11.3 Å². The number of aromatic nitrogens is 2. The third-order valence-corrected chi connectivity index (χ3v) is 5.90. The molecule has 0 saturated carbocycles. The standard InChI is InChI=1S/C27H28N4O4/c1-27(2,3)35-26(33)30-15-13-29(14-16-30)21-10-9-19-17-22(25(32)34-24(19)18-21)23-11-12-31(28-23)20-7-5-4-6-8-20/h4-12,17-18H,13-16H2,1-3H3. The van der Waals surface area contributed by atoms with Crippen molar-refractivity contribution in [3.05, 3.63) is 77.3 Å². The number of hydrogen-bond acceptors (Lipinski definition) is 6. The van der Waals surface area contributed by atoms with E-state index >= 15 is 0 Å². The van der Waals surface area contributed by atoms with Crippen LogP contribution in [-0.2, 0) is 4.74 Å². The average molecular weight is 473 g/mol. The van der Waals surface area contributed by atoms with E-state index in [0.29, 0.717) is 43.0 Å². The number of benzene rings is 2. The molecule has 8 nitrogen and oxygen atoms in total. The Labute approximate surface area is 203 Å². The lowest BCUT2D eigenvalue weighted by Gasteiger charge is -2.36. The highest BCUT2D eigenvalue weighted by molar-refractivity contribution is 5.84. The van der Waals surface area contributed by atoms with Crippen molar-refractivity contribution in [1.82, 2.24) is 14.7 Å². The van der Waals surface area contributed by atoms with Crippen LogP contribution in [0, 0.1) is 0 Å². The van der Waals surface area contributed by atoms with Crippen LogP contribution in [-0.4, -0.2) is 52.6 Å². The predicted octanol–water partition coefficient (Wildman–Crippen LogP) is 4.70. The van der Waals surface area contributed by atoms with Gasteiger partial charge in [-0.3, -0.25) is 0 Å². The molecule has 1 aliphatic heterocycles. The molecule has 0 bridgehead atoms. The zero-order valence-electron chi connectivity index (χ0n) is 20.1. The van der Waals surface area contributed by atoms with Crippen LogP contribution in [0.4, 0.5) is 10.5 Å². The lowest BCUT2D eigenvalue weighted by Crippen LogP contribution is -2.50. The molecule has 1 fully saturated rings. The third-order valence-electron chi connectivity index (χ3n) is 5.90. The van der Waals surface area contributed by atoms with Crippen LogP contribution in [0.2, 0.25) is 0 Å². The maximum Gasteiger partial charge on any atom is 0.410 e. The maximum absolute atomic E-state index is 12.8. The zero-order valence-corrected chi connectivity index (χ0v) is 20.1. The van der Waals surface area contributed by atoms with Crippen molar-refractivity contribution in [2.45, 2.75) is 26.4 Å². The lowest BCUT2D eigenvalue weighted by molar-refractivity contribution is 0.0240. The van der Waals surface area contributed by atoms with Crippen LogP contribution in [0.3, 0.4) is 0 Å². The summed E-state index contributed by atoms with van der Waals surface area (Å²) in [6.45, 7) is 8.08. The van der Waals surface area contributed by atoms with E-state index in [1.165, 1.54) is 0 Å². The van der Waals surface area contributed by atoms with Crippen molar-refractivity contribution in [2.24, 2.45) is 0 Å². The number of anilines is 1. The Bertz CT molecular complexity index is 1410. The second kappa shape index (κ2) is 8.94. The van der Waals surface area contributed by atoms with Gasteiger partial charge in [-0.1, -0.05) is 18.2 Å². The molecule has 2 aromatic carbocycles. The highest BCUT2D eigenvalue weighted by atomic mass is 16.6. The fourth-order valence-corrected chi connectivity index (χ4v) is 4.14. The number of rotatable bonds is 3. The van der Waals surface area contributed by atoms with Crippen molar-refractivity contribution in [3.63, 3.8) is 0 Å². The molecule has 0 N–H and O–H groups in total. The van der Waals surface area contributed by atoms with E-state index in [0.717, 1.165) is 16.8 Å². The van der Waals surface area contributed by atoms with E-state index in [1.54, 1.807) is 9.58 Å². The number of ether oxygens (including phenoxy) is 1. The first-order valence-electron chi connectivity index (χ1n) is 11.7. The Morgan fingerprint density at radius 2 is 1.69 bits per heavy atom. The molecule has 2 aromatic heterocycles. The number of nitrogens with zero attached hydrogens (tertiary/aromatic N) is 4. The van der Waals surface area contributed by atoms with Gasteiger partial charge in [0.1, 0.15) is 16.9 Å². The maximum atomic E-state index is 12.8. The van der Waals surface area contributed by atoms with Crippen molar-refractivity contribution in [1.29, 1.82) is 0 Å². The molecule has 0 atom stereocenters. The highest BCUT2D eigenvalue weighted by Crippen LogP contribution is 2.26. The fraction of sp³-hybridized carbons (Fsp3) is 0.296. The van der Waals surface area contributed by atoms with E-state index in [1.807, 2.05) is 87.6 Å². The Morgan fingerprint density at radius 1 is 0.943 bits per heavy atom. The summed E-state index contributed by atoms with van der Waals surface area (Å²) in [5.41, 5.74) is 2.43. The topological polar surface area (TPSA) is 80.8 Å². The van der Waals surface area contributed by atoms with Crippen LogP contribution in [0.1, 0.15) is 20.8 Å². The molecule has 1 aliphatic rings. The van der Waals surface area contributed by atoms with Gasteiger partial charge in [-0.15, -0.1) is 0 Å². The Hall–Kier alpha value is -4.07. The highest BCUT2D eigenvalue weighted by Gasteiger charge is 2.26. The zero-order chi connectivity index (χ0) is 24.6. The van der Waals surface area contributed by atoms with Gasteiger partial charge < -0.3 is 19.0 Å². The number of fused-ring (bicyclic) bond motifs is 1. The molecule has 5 rings (SSSR count). The lowest BCUT2D eigenvalue weighted by atomic mass is 10.1. The number of carbonyl (C=O) groups excluding carboxylic acids is 1. The van der Waals surface area contributed by atoms with Gasteiger partial charge in [0.15, 0.2) is 0 Å². The van der Waals surface area contributed by atoms with Crippen LogP contribution >= 0.6 is 0 Å². The minimum Gasteiger partial charge on any atom is -0.444 e. The first-order valence-corrected chi connectivity index (χ1v) is 11.7. The van der Waals surface area contributed by atoms with Gasteiger partial charge in [-0.2, -0.15) is 5.10 Å². The van der Waals surface area contributed by atoms with Crippen molar-refractivity contribution >= 4 is 22.7 Å². The number of piperazine rings is 1. The van der Waals surface area contributed by atoms with Gasteiger partial charge in [0.25, 0.3) is 0 Å². The van der Waals surface area contributed by atoms with Gasteiger partial charge >= 0.3 is 11.7 Å². The van der Waals surface area contributed by atoms with Gasteiger partial charge in [-0.25, -0.2) is 14.3 Å². The van der Waals surface area contributed by atoms with E-state index < -0.39 is 11.2 Å². The minimum absolute atomic E-state index is 0.288. The predicted molar refractivity (Wildman–Crippen MR) is 135 cm³/mol. The Morgan fingerprint density at radius 3 is 2.40 bits per heavy atom. The number of hydrogen-bond donors (Lipinski definition) is 0. The van der Waals surface area contributed by atoms with E-state index in [2.05, 4.69) is 10.00 Å². The van der Waals surface area contributed by atoms with Gasteiger partial charge in [0, 0.05) is 49.5 Å². The summed E-state index contributed by atoms with van der Waals surface area (Å²) >= 11 is 0. The number of para-hydroxylation sites is 1. The van der Waals surface area contributed by atoms with E-state index in [4.69, 9.17) is 9.15 Å². The number of amides is 1. The summed E-state index contributed by atoms with van der Waals surface area (Å²) in [6.07, 6.45) is 1.54. The smallest absolute Gasteiger partial charge is 0.410 e. The van der Waals surface area contributed by atoms with Crippen LogP contribution < -0.4 is 10.5 Å². The van der Waals surface area contributed by atoms with Crippen molar-refractivity contribution in [3.8, 4) is 16.9 Å². The quantitative estimate of drug-likeness (QED) is 0.402. The van der Waals surface area contributed by atoms with Crippen LogP contribution in [0.25, 0.3) is 27.9 Å². The molecule has 1 saturated heterocycles. The second-order valence-electron chi connectivity index (χ2n) is 9.61. The SMILES string of the molecule is CC(C)(C)OC(=O)N1CCN(c2ccc3cc(-c4ccn(-c5ccccc5)n4)c(=O)oc3c2)CC1. The van der Waals surface area contributed by atoms with E-state index in [9.17, 15) is 9.59 Å². The third kappa shape index (κ3) is 4.91. The molecule has 180 valence electrons. The normalized spacial score (nSPS) is 14.4. The summed E-state index contributed by atoms with van der Waals surface area (Å²) in [6, 6.07) is 19.2. The minimum atomic E-state index is -0.511. The molecule has 8 heteroatoms. The molecule has 4 aromatic rings. The summed E-state index contributed by atoms with van der Waals surface area (Å²) < 4.78 is 12.9. The molecule has 0 radical (unpaired) electrons. The summed E-state index contributed by atoms with van der Waals surface area (Å²) in [7, 11) is 0. The van der Waals surface area contributed by atoms with Crippen molar-refractivity contribution < 1.29 is 13.9 Å². The first kappa shape index (κ1) is 22.7. The largest absolute Gasteiger partial charge is 0.444 e. The summed E-state index contributed by atoms with van der Waals surface area (Å²) in [4.78, 5) is 29.0. The molecule has 0 aliphatic carbocycles. The summed E-state index contributed by atoms with van der Waals surface area (Å²) in [5, 5.41) is 5.38. The molecular formula is C27H28N4O4. The fourth-order valence-electron chi connectivity index (χ4n) is 4.14. The Kier molecular flexibility index (Phi) is 5.80. The molecule has 35 heavy (non-hydrogen) atoms. The second-order valence-corrected chi connectivity index (χ2v) is 9.61. The number of carbonyl (C=O) groups is 1. The molecule has 3 heterocycles. The van der Waals surface area contributed by atoms with E-state index in [-0.39, 0.29) is 6.09 Å². The van der Waals surface area contributed by atoms with Crippen LogP contribution in [0.5, 0.6) is 0 Å². The average Bonchev–Trinajstić information content (AvgIpc) is 3.33. The summed E-state index contributed by atoms with van der Waals surface area (Å²) in [5.74, 6) is 0. The Balaban J connectivity index is 1.33. The van der Waals surface area contributed by atoms with Crippen LogP contribution in [0.15, 0.2) is 76.1 Å². The molecule has 1 amide bonds. The monoisotopic (exact) mass is 472 g/mol. The molecule has 0 spiro atoms. The molecule has 0 unspecified atom stereocenters. The van der Waals surface area contributed by atoms with Gasteiger partial charge in [-0.05, 0) is 57.2 Å². The molecular weight excluding hydrogens is 444 g/mol. The van der Waals surface area contributed by atoms with Crippen molar-refractivity contribution in [2.75, 3.05) is 31.1 Å². The van der Waals surface area contributed by atoms with Gasteiger partial charge in [0.2, 0.25) is 0 Å².